The fourth-order valence-corrected chi connectivity index (χ4v) is 1.03. The fourth-order valence-electron chi connectivity index (χ4n) is 1.03. The second-order valence-electron chi connectivity index (χ2n) is 2.86. The van der Waals surface area contributed by atoms with Crippen molar-refractivity contribution in [3.63, 3.8) is 0 Å². The summed E-state index contributed by atoms with van der Waals surface area (Å²) in [7, 11) is 0. The van der Waals surface area contributed by atoms with Gasteiger partial charge in [-0.2, -0.15) is 0 Å². The Morgan fingerprint density at radius 2 is 2.12 bits per heavy atom. The van der Waals surface area contributed by atoms with Crippen molar-refractivity contribution in [1.82, 2.24) is 4.98 Å². The Morgan fingerprint density at radius 3 is 2.53 bits per heavy atom. The van der Waals surface area contributed by atoms with Crippen molar-refractivity contribution >= 4 is 5.97 Å². The molecule has 1 rings (SSSR count). The van der Waals surface area contributed by atoms with Crippen LogP contribution in [0.5, 0.6) is 11.5 Å². The van der Waals surface area contributed by atoms with Crippen LogP contribution in [0, 0.1) is 0 Å². The van der Waals surface area contributed by atoms with Crippen LogP contribution in [0.1, 0.15) is 16.2 Å². The van der Waals surface area contributed by atoms with E-state index in [0.717, 1.165) is 0 Å². The molecular formula is C8H7F3N2O4. The number of alkyl halides is 3. The molecular weight excluding hydrogens is 245 g/mol. The van der Waals surface area contributed by atoms with Gasteiger partial charge in [0.05, 0.1) is 5.69 Å². The molecule has 0 bridgehead atoms. The number of aromatic carboxylic acids is 1. The van der Waals surface area contributed by atoms with Gasteiger partial charge in [0.25, 0.3) is 0 Å². The molecule has 94 valence electrons. The molecule has 0 saturated heterocycles. The van der Waals surface area contributed by atoms with Crippen LogP contribution in [0.3, 0.4) is 0 Å². The Morgan fingerprint density at radius 1 is 1.53 bits per heavy atom. The number of aromatic nitrogens is 1. The normalized spacial score (nSPS) is 11.3. The van der Waals surface area contributed by atoms with Gasteiger partial charge in [-0.25, -0.2) is 9.78 Å². The molecule has 0 atom stereocenters. The molecule has 17 heavy (non-hydrogen) atoms. The predicted molar refractivity (Wildman–Crippen MR) is 47.4 cm³/mol. The highest BCUT2D eigenvalue weighted by atomic mass is 19.4. The van der Waals surface area contributed by atoms with Crippen molar-refractivity contribution in [2.75, 3.05) is 0 Å². The third-order valence-electron chi connectivity index (χ3n) is 1.67. The Labute approximate surface area is 92.4 Å². The Kier molecular flexibility index (Phi) is 3.42. The second kappa shape index (κ2) is 4.45. The lowest BCUT2D eigenvalue weighted by Crippen LogP contribution is -2.20. The van der Waals surface area contributed by atoms with E-state index in [2.05, 4.69) is 9.72 Å². The summed E-state index contributed by atoms with van der Waals surface area (Å²) in [6.07, 6.45) is -5.08. The van der Waals surface area contributed by atoms with E-state index in [1.54, 1.807) is 0 Å². The monoisotopic (exact) mass is 252 g/mol. The topological polar surface area (TPSA) is 106 Å². The number of rotatable bonds is 3. The van der Waals surface area contributed by atoms with Crippen molar-refractivity contribution < 1.29 is 32.9 Å². The van der Waals surface area contributed by atoms with Gasteiger partial charge in [-0.15, -0.1) is 13.2 Å². The van der Waals surface area contributed by atoms with Gasteiger partial charge in [0.1, 0.15) is 5.75 Å². The average Bonchev–Trinajstić information content (AvgIpc) is 2.14. The van der Waals surface area contributed by atoms with Gasteiger partial charge >= 0.3 is 12.3 Å². The summed E-state index contributed by atoms with van der Waals surface area (Å²) in [5, 5.41) is 17.9. The molecule has 9 heteroatoms. The maximum Gasteiger partial charge on any atom is 0.573 e. The minimum Gasteiger partial charge on any atom is -0.506 e. The Balaban J connectivity index is 3.28. The van der Waals surface area contributed by atoms with Gasteiger partial charge in [0.15, 0.2) is 11.4 Å². The van der Waals surface area contributed by atoms with E-state index >= 15 is 0 Å². The van der Waals surface area contributed by atoms with Crippen molar-refractivity contribution in [2.45, 2.75) is 12.9 Å². The molecule has 0 aromatic carbocycles. The zero-order valence-corrected chi connectivity index (χ0v) is 8.15. The van der Waals surface area contributed by atoms with Gasteiger partial charge in [-0.3, -0.25) is 0 Å². The molecule has 0 radical (unpaired) electrons. The molecule has 6 nitrogen and oxygen atoms in total. The third kappa shape index (κ3) is 3.21. The molecule has 0 aliphatic carbocycles. The zero-order valence-electron chi connectivity index (χ0n) is 8.15. The van der Waals surface area contributed by atoms with Crippen LogP contribution in [0.2, 0.25) is 0 Å². The number of hydrogen-bond acceptors (Lipinski definition) is 5. The van der Waals surface area contributed by atoms with Crippen LogP contribution < -0.4 is 10.5 Å². The molecule has 0 aliphatic rings. The zero-order chi connectivity index (χ0) is 13.2. The van der Waals surface area contributed by atoms with E-state index < -0.39 is 29.5 Å². The summed E-state index contributed by atoms with van der Waals surface area (Å²) < 4.78 is 39.3. The first-order valence-corrected chi connectivity index (χ1v) is 4.16. The third-order valence-corrected chi connectivity index (χ3v) is 1.67. The molecule has 0 spiro atoms. The highest BCUT2D eigenvalue weighted by Gasteiger charge is 2.34. The van der Waals surface area contributed by atoms with E-state index in [1.807, 2.05) is 0 Å². The first kappa shape index (κ1) is 13.0. The van der Waals surface area contributed by atoms with Gasteiger partial charge in [-0.1, -0.05) is 0 Å². The minimum absolute atomic E-state index is 0.239. The van der Waals surface area contributed by atoms with E-state index in [9.17, 15) is 23.1 Å². The number of nitrogens with zero attached hydrogens (tertiary/aromatic N) is 1. The van der Waals surface area contributed by atoms with Crippen LogP contribution in [-0.4, -0.2) is 27.5 Å². The SMILES string of the molecule is NCc1nc(C(=O)O)c(OC(F)(F)F)cc1O. The number of nitrogens with two attached hydrogens (primary N) is 1. The van der Waals surface area contributed by atoms with E-state index in [4.69, 9.17) is 10.8 Å². The quantitative estimate of drug-likeness (QED) is 0.736. The molecule has 0 saturated carbocycles. The summed E-state index contributed by atoms with van der Waals surface area (Å²) in [4.78, 5) is 13.9. The smallest absolute Gasteiger partial charge is 0.506 e. The lowest BCUT2D eigenvalue weighted by Gasteiger charge is -2.12. The average molecular weight is 252 g/mol. The lowest BCUT2D eigenvalue weighted by molar-refractivity contribution is -0.274. The number of hydrogen-bond donors (Lipinski definition) is 3. The van der Waals surface area contributed by atoms with Gasteiger partial charge < -0.3 is 20.7 Å². The van der Waals surface area contributed by atoms with Crippen molar-refractivity contribution in [2.24, 2.45) is 5.73 Å². The number of ether oxygens (including phenoxy) is 1. The van der Waals surface area contributed by atoms with Crippen LogP contribution in [0.4, 0.5) is 13.2 Å². The maximum atomic E-state index is 11.9. The standard InChI is InChI=1S/C8H7F3N2O4/c9-8(10,11)17-5-1-4(14)3(2-12)13-6(5)7(15)16/h1,14H,2,12H2,(H,15,16). The molecule has 1 aromatic heterocycles. The van der Waals surface area contributed by atoms with Crippen molar-refractivity contribution in [1.29, 1.82) is 0 Å². The van der Waals surface area contributed by atoms with Crippen LogP contribution in [0.25, 0.3) is 0 Å². The summed E-state index contributed by atoms with van der Waals surface area (Å²) in [5.74, 6) is -3.49. The van der Waals surface area contributed by atoms with Crippen molar-refractivity contribution in [3.8, 4) is 11.5 Å². The molecule has 1 heterocycles. The number of aromatic hydroxyl groups is 1. The maximum absolute atomic E-state index is 11.9. The summed E-state index contributed by atoms with van der Waals surface area (Å²) >= 11 is 0. The first-order chi connectivity index (χ1) is 7.74. The van der Waals surface area contributed by atoms with E-state index in [1.165, 1.54) is 0 Å². The number of halogens is 3. The second-order valence-corrected chi connectivity index (χ2v) is 2.86. The number of carboxylic acid groups (broad SMARTS) is 1. The van der Waals surface area contributed by atoms with Crippen LogP contribution in [0.15, 0.2) is 6.07 Å². The van der Waals surface area contributed by atoms with E-state index in [0.29, 0.717) is 6.07 Å². The van der Waals surface area contributed by atoms with Crippen LogP contribution >= 0.6 is 0 Å². The minimum atomic E-state index is -5.08. The van der Waals surface area contributed by atoms with Crippen LogP contribution in [-0.2, 0) is 6.54 Å². The molecule has 0 aliphatic heterocycles. The van der Waals surface area contributed by atoms with Gasteiger partial charge in [0.2, 0.25) is 0 Å². The summed E-state index contributed by atoms with van der Waals surface area (Å²) in [5.41, 5.74) is 3.91. The molecule has 0 unspecified atom stereocenters. The van der Waals surface area contributed by atoms with Gasteiger partial charge in [-0.05, 0) is 0 Å². The number of carboxylic acids is 1. The van der Waals surface area contributed by atoms with E-state index in [-0.39, 0.29) is 12.2 Å². The summed E-state index contributed by atoms with van der Waals surface area (Å²) in [6.45, 7) is -0.321. The fraction of sp³-hybridized carbons (Fsp3) is 0.250. The highest BCUT2D eigenvalue weighted by molar-refractivity contribution is 5.88. The predicted octanol–water partition coefficient (Wildman–Crippen LogP) is 0.843. The molecule has 0 amide bonds. The number of pyridine rings is 1. The lowest BCUT2D eigenvalue weighted by atomic mass is 10.2. The Bertz CT molecular complexity index is 447. The molecule has 0 fully saturated rings. The number of carbonyl (C=O) groups is 1. The molecule has 1 aromatic rings. The van der Waals surface area contributed by atoms with Gasteiger partial charge in [0, 0.05) is 12.6 Å². The molecule has 4 N–H and O–H groups in total. The summed E-state index contributed by atoms with van der Waals surface area (Å²) in [6, 6.07) is 0.506. The largest absolute Gasteiger partial charge is 0.573 e. The van der Waals surface area contributed by atoms with Crippen molar-refractivity contribution in [3.05, 3.63) is 17.5 Å². The highest BCUT2D eigenvalue weighted by Crippen LogP contribution is 2.30. The Hall–Kier alpha value is -2.03. The first-order valence-electron chi connectivity index (χ1n) is 4.16.